The van der Waals surface area contributed by atoms with Crippen molar-refractivity contribution in [1.82, 2.24) is 10.2 Å². The number of benzene rings is 4. The molecule has 0 spiro atoms. The molecular weight excluding hydrogens is 609 g/mol. The summed E-state index contributed by atoms with van der Waals surface area (Å²) < 4.78 is 53.9. The third-order valence-electron chi connectivity index (χ3n) is 7.35. The lowest BCUT2D eigenvalue weighted by Gasteiger charge is -2.34. The van der Waals surface area contributed by atoms with Crippen LogP contribution in [0.15, 0.2) is 108 Å². The summed E-state index contributed by atoms with van der Waals surface area (Å²) in [4.78, 5) is 29.5. The van der Waals surface area contributed by atoms with Crippen LogP contribution in [0, 0.1) is 5.82 Å². The number of methoxy groups -OCH3 is 2. The van der Waals surface area contributed by atoms with Gasteiger partial charge < -0.3 is 19.7 Å². The molecule has 0 aliphatic rings. The van der Waals surface area contributed by atoms with Gasteiger partial charge in [0, 0.05) is 25.6 Å². The molecule has 4 aromatic carbocycles. The summed E-state index contributed by atoms with van der Waals surface area (Å²) in [5.41, 5.74) is 1.54. The van der Waals surface area contributed by atoms with Crippen molar-refractivity contribution in [3.63, 3.8) is 0 Å². The number of nitrogens with one attached hydrogen (secondary N) is 1. The standard InChI is InChI=1S/C35H38FN3O6S/c1-4-21-37-35(41)31(22-26-11-7-5-8-12-26)38(24-27-15-17-28(36)18-16-27)34(40)25-39(46(42,43)30-13-9-6-10-14-30)29-19-20-32(44-2)33(23-29)45-3/h5-20,23,31H,4,21-22,24-25H2,1-3H3,(H,37,41). The van der Waals surface area contributed by atoms with E-state index in [0.29, 0.717) is 24.3 Å². The van der Waals surface area contributed by atoms with E-state index in [0.717, 1.165) is 9.87 Å². The van der Waals surface area contributed by atoms with E-state index < -0.39 is 34.3 Å². The molecule has 46 heavy (non-hydrogen) atoms. The summed E-state index contributed by atoms with van der Waals surface area (Å²) >= 11 is 0. The second kappa shape index (κ2) is 15.9. The first-order valence-corrected chi connectivity index (χ1v) is 16.3. The van der Waals surface area contributed by atoms with Crippen LogP contribution in [0.2, 0.25) is 0 Å². The highest BCUT2D eigenvalue weighted by molar-refractivity contribution is 7.92. The number of nitrogens with zero attached hydrogens (tertiary/aromatic N) is 2. The normalized spacial score (nSPS) is 11.7. The maximum absolute atomic E-state index is 14.5. The second-order valence-corrected chi connectivity index (χ2v) is 12.4. The summed E-state index contributed by atoms with van der Waals surface area (Å²) in [6.07, 6.45) is 0.850. The Kier molecular flexibility index (Phi) is 11.7. The van der Waals surface area contributed by atoms with Gasteiger partial charge in [0.2, 0.25) is 11.8 Å². The van der Waals surface area contributed by atoms with Crippen molar-refractivity contribution in [2.24, 2.45) is 0 Å². The zero-order valence-electron chi connectivity index (χ0n) is 26.1. The molecule has 4 rings (SSSR count). The molecule has 2 amide bonds. The number of amides is 2. The van der Waals surface area contributed by atoms with E-state index >= 15 is 0 Å². The second-order valence-electron chi connectivity index (χ2n) is 10.5. The van der Waals surface area contributed by atoms with E-state index in [-0.39, 0.29) is 35.2 Å². The largest absolute Gasteiger partial charge is 0.493 e. The minimum absolute atomic E-state index is 0.0239. The van der Waals surface area contributed by atoms with Crippen LogP contribution < -0.4 is 19.1 Å². The molecule has 0 radical (unpaired) electrons. The number of hydrogen-bond acceptors (Lipinski definition) is 6. The Balaban J connectivity index is 1.82. The van der Waals surface area contributed by atoms with Crippen LogP contribution >= 0.6 is 0 Å². The molecule has 0 aliphatic carbocycles. The van der Waals surface area contributed by atoms with Gasteiger partial charge in [-0.2, -0.15) is 0 Å². The van der Waals surface area contributed by atoms with Crippen molar-refractivity contribution in [3.8, 4) is 11.5 Å². The molecule has 1 unspecified atom stereocenters. The van der Waals surface area contributed by atoms with Gasteiger partial charge in [-0.3, -0.25) is 13.9 Å². The summed E-state index contributed by atoms with van der Waals surface area (Å²) in [5, 5.41) is 2.90. The van der Waals surface area contributed by atoms with E-state index in [1.165, 1.54) is 67.7 Å². The van der Waals surface area contributed by atoms with Gasteiger partial charge in [-0.05, 0) is 53.9 Å². The molecule has 0 saturated carbocycles. The smallest absolute Gasteiger partial charge is 0.264 e. The molecule has 1 atom stereocenters. The minimum Gasteiger partial charge on any atom is -0.493 e. The Morgan fingerprint density at radius 2 is 1.46 bits per heavy atom. The van der Waals surface area contributed by atoms with Crippen LogP contribution in [0.3, 0.4) is 0 Å². The molecule has 11 heteroatoms. The highest BCUT2D eigenvalue weighted by Gasteiger charge is 2.35. The molecule has 0 aliphatic heterocycles. The van der Waals surface area contributed by atoms with E-state index in [4.69, 9.17) is 9.47 Å². The maximum atomic E-state index is 14.5. The fourth-order valence-corrected chi connectivity index (χ4v) is 6.36. The van der Waals surface area contributed by atoms with Crippen molar-refractivity contribution in [1.29, 1.82) is 0 Å². The predicted octanol–water partition coefficient (Wildman–Crippen LogP) is 5.20. The van der Waals surface area contributed by atoms with Crippen LogP contribution in [0.5, 0.6) is 11.5 Å². The Hall–Kier alpha value is -4.90. The van der Waals surface area contributed by atoms with E-state index in [2.05, 4.69) is 5.32 Å². The number of ether oxygens (including phenoxy) is 2. The van der Waals surface area contributed by atoms with E-state index in [1.807, 2.05) is 37.3 Å². The van der Waals surface area contributed by atoms with Crippen LogP contribution in [0.25, 0.3) is 0 Å². The number of carbonyl (C=O) groups excluding carboxylic acids is 2. The lowest BCUT2D eigenvalue weighted by atomic mass is 10.0. The van der Waals surface area contributed by atoms with Crippen molar-refractivity contribution in [3.05, 3.63) is 120 Å². The lowest BCUT2D eigenvalue weighted by molar-refractivity contribution is -0.140. The average Bonchev–Trinajstić information content (AvgIpc) is 3.08. The third kappa shape index (κ3) is 8.42. The van der Waals surface area contributed by atoms with Gasteiger partial charge in [0.1, 0.15) is 18.4 Å². The summed E-state index contributed by atoms with van der Waals surface area (Å²) in [7, 11) is -1.40. The molecule has 0 saturated heterocycles. The van der Waals surface area contributed by atoms with Gasteiger partial charge in [-0.15, -0.1) is 0 Å². The third-order valence-corrected chi connectivity index (χ3v) is 9.14. The van der Waals surface area contributed by atoms with Gasteiger partial charge in [0.25, 0.3) is 10.0 Å². The molecule has 4 aromatic rings. The first-order chi connectivity index (χ1) is 22.2. The van der Waals surface area contributed by atoms with Crippen molar-refractivity contribution in [2.45, 2.75) is 37.2 Å². The Bertz CT molecular complexity index is 1700. The topological polar surface area (TPSA) is 105 Å². The maximum Gasteiger partial charge on any atom is 0.264 e. The molecule has 0 bridgehead atoms. The fraction of sp³-hybridized carbons (Fsp3) is 0.257. The number of carbonyl (C=O) groups is 2. The molecular formula is C35H38FN3O6S. The molecule has 9 nitrogen and oxygen atoms in total. The van der Waals surface area contributed by atoms with Crippen LogP contribution in [0.4, 0.5) is 10.1 Å². The molecule has 0 fully saturated rings. The van der Waals surface area contributed by atoms with Crippen LogP contribution in [0.1, 0.15) is 24.5 Å². The highest BCUT2D eigenvalue weighted by Crippen LogP contribution is 2.34. The average molecular weight is 648 g/mol. The molecule has 242 valence electrons. The van der Waals surface area contributed by atoms with Crippen molar-refractivity contribution in [2.75, 3.05) is 31.6 Å². The highest BCUT2D eigenvalue weighted by atomic mass is 32.2. The predicted molar refractivity (Wildman–Crippen MR) is 175 cm³/mol. The number of anilines is 1. The quantitative estimate of drug-likeness (QED) is 0.190. The van der Waals surface area contributed by atoms with E-state index in [1.54, 1.807) is 24.3 Å². The zero-order valence-corrected chi connectivity index (χ0v) is 26.9. The molecule has 1 N–H and O–H groups in total. The van der Waals surface area contributed by atoms with Gasteiger partial charge in [0.05, 0.1) is 24.8 Å². The zero-order chi connectivity index (χ0) is 33.1. The van der Waals surface area contributed by atoms with E-state index in [9.17, 15) is 22.4 Å². The van der Waals surface area contributed by atoms with Crippen LogP contribution in [-0.2, 0) is 32.6 Å². The summed E-state index contributed by atoms with van der Waals surface area (Å²) in [6.45, 7) is 1.60. The number of sulfonamides is 1. The monoisotopic (exact) mass is 647 g/mol. The minimum atomic E-state index is -4.29. The van der Waals surface area contributed by atoms with Gasteiger partial charge in [-0.1, -0.05) is 67.6 Å². The summed E-state index contributed by atoms with van der Waals surface area (Å²) in [5.74, 6) is -0.819. The number of rotatable bonds is 15. The van der Waals surface area contributed by atoms with Gasteiger partial charge in [0.15, 0.2) is 11.5 Å². The van der Waals surface area contributed by atoms with Crippen molar-refractivity contribution < 1.29 is 31.9 Å². The van der Waals surface area contributed by atoms with Crippen molar-refractivity contribution >= 4 is 27.5 Å². The SMILES string of the molecule is CCCNC(=O)C(Cc1ccccc1)N(Cc1ccc(F)cc1)C(=O)CN(c1ccc(OC)c(OC)c1)S(=O)(=O)c1ccccc1. The Morgan fingerprint density at radius 3 is 2.07 bits per heavy atom. The Morgan fingerprint density at radius 1 is 0.826 bits per heavy atom. The summed E-state index contributed by atoms with van der Waals surface area (Å²) in [6, 6.07) is 26.2. The lowest BCUT2D eigenvalue weighted by Crippen LogP contribution is -2.53. The number of halogens is 1. The number of hydrogen-bond donors (Lipinski definition) is 1. The first-order valence-electron chi connectivity index (χ1n) is 14.8. The molecule has 0 aromatic heterocycles. The fourth-order valence-electron chi connectivity index (χ4n) is 4.93. The first kappa shape index (κ1) is 34.0. The molecule has 0 heterocycles. The van der Waals surface area contributed by atoms with Crippen LogP contribution in [-0.4, -0.2) is 58.5 Å². The Labute approximate surface area is 269 Å². The van der Waals surface area contributed by atoms with Gasteiger partial charge >= 0.3 is 0 Å². The van der Waals surface area contributed by atoms with Gasteiger partial charge in [-0.25, -0.2) is 12.8 Å².